The molecule has 0 spiro atoms. The van der Waals surface area contributed by atoms with E-state index in [1.165, 1.54) is 0 Å². The predicted octanol–water partition coefficient (Wildman–Crippen LogP) is 4.36. The van der Waals surface area contributed by atoms with Crippen molar-refractivity contribution in [2.75, 3.05) is 33.2 Å². The van der Waals surface area contributed by atoms with Gasteiger partial charge in [0.15, 0.2) is 5.43 Å². The SMILES string of the molecule is Cc1cc(-c2cc3c(=O)c(CN4CCN(C)CC4)c[nH]c3nc2-c2ccccc2)cc(Cl)n1. The van der Waals surface area contributed by atoms with Gasteiger partial charge in [0.2, 0.25) is 0 Å². The molecule has 1 saturated heterocycles. The minimum absolute atomic E-state index is 0.0212. The van der Waals surface area contributed by atoms with Crippen molar-refractivity contribution in [1.82, 2.24) is 24.8 Å². The maximum atomic E-state index is 13.5. The Morgan fingerprint density at radius 2 is 1.76 bits per heavy atom. The third-order valence-electron chi connectivity index (χ3n) is 6.21. The van der Waals surface area contributed by atoms with Gasteiger partial charge in [-0.3, -0.25) is 9.69 Å². The lowest BCUT2D eigenvalue weighted by Crippen LogP contribution is -2.44. The molecule has 5 rings (SSSR count). The first-order chi connectivity index (χ1) is 16.0. The molecule has 1 aliphatic rings. The molecule has 33 heavy (non-hydrogen) atoms. The van der Waals surface area contributed by atoms with Crippen LogP contribution in [0.2, 0.25) is 5.15 Å². The molecule has 1 N–H and O–H groups in total. The summed E-state index contributed by atoms with van der Waals surface area (Å²) in [6.45, 7) is 6.49. The van der Waals surface area contributed by atoms with E-state index < -0.39 is 0 Å². The summed E-state index contributed by atoms with van der Waals surface area (Å²) in [6.07, 6.45) is 1.82. The highest BCUT2D eigenvalue weighted by atomic mass is 35.5. The molecule has 0 atom stereocenters. The van der Waals surface area contributed by atoms with Crippen LogP contribution in [0, 0.1) is 6.92 Å². The average Bonchev–Trinajstić information content (AvgIpc) is 2.81. The summed E-state index contributed by atoms with van der Waals surface area (Å²) in [6, 6.07) is 15.7. The number of aromatic amines is 1. The summed E-state index contributed by atoms with van der Waals surface area (Å²) in [4.78, 5) is 30.6. The first-order valence-corrected chi connectivity index (χ1v) is 11.5. The minimum Gasteiger partial charge on any atom is -0.346 e. The van der Waals surface area contributed by atoms with Crippen LogP contribution in [-0.4, -0.2) is 58.0 Å². The number of halogens is 1. The fraction of sp³-hybridized carbons (Fsp3) is 0.269. The molecule has 1 fully saturated rings. The van der Waals surface area contributed by atoms with Gasteiger partial charge >= 0.3 is 0 Å². The average molecular weight is 460 g/mol. The van der Waals surface area contributed by atoms with Crippen LogP contribution in [0.25, 0.3) is 33.4 Å². The molecule has 0 amide bonds. The van der Waals surface area contributed by atoms with Crippen LogP contribution in [0.3, 0.4) is 0 Å². The number of H-pyrrole nitrogens is 1. The smallest absolute Gasteiger partial charge is 0.195 e. The van der Waals surface area contributed by atoms with Gasteiger partial charge in [-0.05, 0) is 37.7 Å². The number of nitrogens with one attached hydrogen (secondary N) is 1. The normalized spacial score (nSPS) is 15.2. The number of likely N-dealkylation sites (N-methyl/N-ethyl adjacent to an activating group) is 1. The molecule has 6 nitrogen and oxygen atoms in total. The highest BCUT2D eigenvalue weighted by Crippen LogP contribution is 2.33. The number of aryl methyl sites for hydroxylation is 1. The summed E-state index contributed by atoms with van der Waals surface area (Å²) in [5, 5.41) is 1.00. The van der Waals surface area contributed by atoms with Gasteiger partial charge in [0, 0.05) is 61.3 Å². The van der Waals surface area contributed by atoms with E-state index in [0.29, 0.717) is 22.7 Å². The van der Waals surface area contributed by atoms with Crippen LogP contribution >= 0.6 is 11.6 Å². The Morgan fingerprint density at radius 1 is 1.00 bits per heavy atom. The Labute approximate surface area is 197 Å². The molecule has 4 aromatic rings. The molecule has 0 saturated carbocycles. The van der Waals surface area contributed by atoms with Gasteiger partial charge in [0.1, 0.15) is 10.8 Å². The van der Waals surface area contributed by atoms with Gasteiger partial charge in [0.25, 0.3) is 0 Å². The number of rotatable bonds is 4. The second-order valence-electron chi connectivity index (χ2n) is 8.69. The fourth-order valence-corrected chi connectivity index (χ4v) is 4.63. The number of fused-ring (bicyclic) bond motifs is 1. The molecule has 4 heterocycles. The summed E-state index contributed by atoms with van der Waals surface area (Å²) < 4.78 is 0. The first kappa shape index (κ1) is 21.8. The monoisotopic (exact) mass is 459 g/mol. The summed E-state index contributed by atoms with van der Waals surface area (Å²) in [5.74, 6) is 0. The van der Waals surface area contributed by atoms with Crippen LogP contribution in [-0.2, 0) is 6.54 Å². The van der Waals surface area contributed by atoms with Gasteiger partial charge in [-0.1, -0.05) is 41.9 Å². The van der Waals surface area contributed by atoms with E-state index in [1.807, 2.05) is 61.7 Å². The van der Waals surface area contributed by atoms with Gasteiger partial charge in [-0.2, -0.15) is 0 Å². The lowest BCUT2D eigenvalue weighted by Gasteiger charge is -2.32. The van der Waals surface area contributed by atoms with E-state index in [1.54, 1.807) is 0 Å². The van der Waals surface area contributed by atoms with Crippen molar-refractivity contribution in [1.29, 1.82) is 0 Å². The summed E-state index contributed by atoms with van der Waals surface area (Å²) >= 11 is 6.28. The molecule has 3 aromatic heterocycles. The van der Waals surface area contributed by atoms with Crippen molar-refractivity contribution in [2.45, 2.75) is 13.5 Å². The number of nitrogens with zero attached hydrogens (tertiary/aromatic N) is 4. The maximum absolute atomic E-state index is 13.5. The Bertz CT molecular complexity index is 1340. The topological polar surface area (TPSA) is 65.1 Å². The zero-order valence-electron chi connectivity index (χ0n) is 18.8. The second-order valence-corrected chi connectivity index (χ2v) is 9.08. The highest BCUT2D eigenvalue weighted by molar-refractivity contribution is 6.29. The molecule has 0 aliphatic carbocycles. The standard InChI is InChI=1S/C26H26ClN5O/c1-17-12-19(13-23(27)29-17)21-14-22-25(33)20(16-32-10-8-31(2)9-11-32)15-28-26(22)30-24(21)18-6-4-3-5-7-18/h3-7,12-15H,8-11,16H2,1-2H3,(H,28,30,33). The molecule has 0 unspecified atom stereocenters. The zero-order valence-corrected chi connectivity index (χ0v) is 19.6. The van der Waals surface area contributed by atoms with Crippen LogP contribution in [0.5, 0.6) is 0 Å². The largest absolute Gasteiger partial charge is 0.346 e. The van der Waals surface area contributed by atoms with Crippen LogP contribution in [0.15, 0.2) is 59.5 Å². The number of pyridine rings is 3. The lowest BCUT2D eigenvalue weighted by atomic mass is 9.98. The maximum Gasteiger partial charge on any atom is 0.195 e. The van der Waals surface area contributed by atoms with E-state index in [2.05, 4.69) is 26.8 Å². The van der Waals surface area contributed by atoms with E-state index in [4.69, 9.17) is 16.6 Å². The van der Waals surface area contributed by atoms with Crippen molar-refractivity contribution in [2.24, 2.45) is 0 Å². The summed E-state index contributed by atoms with van der Waals surface area (Å²) in [7, 11) is 2.13. The zero-order chi connectivity index (χ0) is 22.9. The molecule has 0 radical (unpaired) electrons. The van der Waals surface area contributed by atoms with Crippen LogP contribution < -0.4 is 5.43 Å². The number of piperazine rings is 1. The van der Waals surface area contributed by atoms with Gasteiger partial charge in [0.05, 0.1) is 11.1 Å². The fourth-order valence-electron chi connectivity index (χ4n) is 4.37. The van der Waals surface area contributed by atoms with Crippen molar-refractivity contribution in [3.63, 3.8) is 0 Å². The Kier molecular flexibility index (Phi) is 5.98. The quantitative estimate of drug-likeness (QED) is 0.459. The highest BCUT2D eigenvalue weighted by Gasteiger charge is 2.18. The van der Waals surface area contributed by atoms with Crippen molar-refractivity contribution in [3.05, 3.63) is 81.4 Å². The Balaban J connectivity index is 1.65. The Morgan fingerprint density at radius 3 is 2.48 bits per heavy atom. The predicted molar refractivity (Wildman–Crippen MR) is 134 cm³/mol. The summed E-state index contributed by atoms with van der Waals surface area (Å²) in [5.41, 5.74) is 5.71. The Hall–Kier alpha value is -3.06. The van der Waals surface area contributed by atoms with Crippen LogP contribution in [0.1, 0.15) is 11.3 Å². The third-order valence-corrected chi connectivity index (χ3v) is 6.41. The van der Waals surface area contributed by atoms with E-state index >= 15 is 0 Å². The third kappa shape index (κ3) is 4.55. The lowest BCUT2D eigenvalue weighted by molar-refractivity contribution is 0.148. The van der Waals surface area contributed by atoms with E-state index in [0.717, 1.165) is 59.8 Å². The first-order valence-electron chi connectivity index (χ1n) is 11.1. The molecule has 0 bridgehead atoms. The molecule has 168 valence electrons. The molecular weight excluding hydrogens is 434 g/mol. The second kappa shape index (κ2) is 9.06. The van der Waals surface area contributed by atoms with Crippen molar-refractivity contribution < 1.29 is 0 Å². The molecular formula is C26H26ClN5O. The van der Waals surface area contributed by atoms with Crippen molar-refractivity contribution >= 4 is 22.6 Å². The number of aromatic nitrogens is 3. The minimum atomic E-state index is 0.0212. The molecule has 7 heteroatoms. The number of benzene rings is 1. The van der Waals surface area contributed by atoms with Gasteiger partial charge in [-0.15, -0.1) is 0 Å². The number of hydrogen-bond acceptors (Lipinski definition) is 5. The molecule has 1 aliphatic heterocycles. The van der Waals surface area contributed by atoms with E-state index in [-0.39, 0.29) is 5.43 Å². The molecule has 1 aromatic carbocycles. The van der Waals surface area contributed by atoms with E-state index in [9.17, 15) is 4.79 Å². The number of hydrogen-bond donors (Lipinski definition) is 1. The van der Waals surface area contributed by atoms with Gasteiger partial charge in [-0.25, -0.2) is 9.97 Å². The van der Waals surface area contributed by atoms with Crippen LogP contribution in [0.4, 0.5) is 0 Å². The van der Waals surface area contributed by atoms with Gasteiger partial charge < -0.3 is 9.88 Å². The van der Waals surface area contributed by atoms with Crippen molar-refractivity contribution in [3.8, 4) is 22.4 Å².